The summed E-state index contributed by atoms with van der Waals surface area (Å²) >= 11 is 0. The van der Waals surface area contributed by atoms with E-state index in [4.69, 9.17) is 22.9 Å². The van der Waals surface area contributed by atoms with Crippen LogP contribution in [0.4, 0.5) is 0 Å². The minimum Gasteiger partial charge on any atom is -0.480 e. The normalized spacial score (nSPS) is 13.8. The molecule has 0 saturated heterocycles. The SMILES string of the molecule is CC(C)CC(N)C(=O)NC(CCCN=C(N)N)C(=O)NC(Cc1ccccc1)C(=O)NC(CCC(N)=O)C(=O)O. The van der Waals surface area contributed by atoms with Crippen LogP contribution < -0.4 is 38.9 Å². The van der Waals surface area contributed by atoms with E-state index in [0.29, 0.717) is 18.4 Å². The van der Waals surface area contributed by atoms with E-state index in [1.54, 1.807) is 30.3 Å². The summed E-state index contributed by atoms with van der Waals surface area (Å²) in [6.45, 7) is 4.02. The lowest BCUT2D eigenvalue weighted by atomic mass is 10.0. The van der Waals surface area contributed by atoms with Gasteiger partial charge < -0.3 is 44.0 Å². The Kier molecular flexibility index (Phi) is 14.7. The summed E-state index contributed by atoms with van der Waals surface area (Å²) in [5.74, 6) is -4.03. The second kappa shape index (κ2) is 17.4. The van der Waals surface area contributed by atoms with Crippen LogP contribution in [-0.2, 0) is 30.4 Å². The Balaban J connectivity index is 3.16. The Hall–Kier alpha value is -4.20. The molecule has 0 bridgehead atoms. The zero-order valence-corrected chi connectivity index (χ0v) is 23.0. The molecule has 1 rings (SSSR count). The maximum atomic E-state index is 13.4. The summed E-state index contributed by atoms with van der Waals surface area (Å²) in [6.07, 6.45) is 0.419. The first-order chi connectivity index (χ1) is 18.8. The predicted molar refractivity (Wildman–Crippen MR) is 149 cm³/mol. The number of aliphatic carboxylic acids is 1. The number of carboxylic acid groups (broad SMARTS) is 1. The van der Waals surface area contributed by atoms with Crippen molar-refractivity contribution >= 4 is 35.6 Å². The molecule has 14 nitrogen and oxygen atoms in total. The average Bonchev–Trinajstić information content (AvgIpc) is 2.87. The van der Waals surface area contributed by atoms with Gasteiger partial charge in [-0.25, -0.2) is 4.79 Å². The van der Waals surface area contributed by atoms with Crippen LogP contribution in [0.25, 0.3) is 0 Å². The highest BCUT2D eigenvalue weighted by Crippen LogP contribution is 2.08. The quantitative estimate of drug-likeness (QED) is 0.0585. The van der Waals surface area contributed by atoms with Crippen molar-refractivity contribution in [2.45, 2.75) is 76.5 Å². The number of benzene rings is 1. The maximum absolute atomic E-state index is 13.4. The van der Waals surface area contributed by atoms with Gasteiger partial charge in [0, 0.05) is 19.4 Å². The average molecular weight is 563 g/mol. The van der Waals surface area contributed by atoms with E-state index in [9.17, 15) is 29.1 Å². The number of carbonyl (C=O) groups is 5. The Bertz CT molecular complexity index is 1030. The lowest BCUT2D eigenvalue weighted by Gasteiger charge is -2.25. The summed E-state index contributed by atoms with van der Waals surface area (Å²) in [7, 11) is 0. The standard InChI is InChI=1S/C26H42N8O6/c1-15(2)13-17(27)22(36)32-18(9-6-12-31-26(29)30)23(37)34-20(14-16-7-4-3-5-8-16)24(38)33-19(25(39)40)10-11-21(28)35/h3-5,7-8,15,17-20H,6,9-14,27H2,1-2H3,(H2,28,35)(H,32,36)(H,33,38)(H,34,37)(H,39,40)(H4,29,30,31). The van der Waals surface area contributed by atoms with Crippen LogP contribution in [0, 0.1) is 5.92 Å². The summed E-state index contributed by atoms with van der Waals surface area (Å²) in [5.41, 5.74) is 22.5. The highest BCUT2D eigenvalue weighted by Gasteiger charge is 2.30. The summed E-state index contributed by atoms with van der Waals surface area (Å²) < 4.78 is 0. The lowest BCUT2D eigenvalue weighted by Crippen LogP contribution is -2.57. The molecule has 14 heteroatoms. The van der Waals surface area contributed by atoms with Crippen molar-refractivity contribution in [1.82, 2.24) is 16.0 Å². The molecule has 0 fully saturated rings. The summed E-state index contributed by atoms with van der Waals surface area (Å²) in [4.78, 5) is 66.0. The van der Waals surface area contributed by atoms with Gasteiger partial charge in [0.1, 0.15) is 18.1 Å². The van der Waals surface area contributed by atoms with E-state index in [0.717, 1.165) is 0 Å². The molecule has 4 amide bonds. The van der Waals surface area contributed by atoms with Crippen LogP contribution >= 0.6 is 0 Å². The number of amides is 4. The Morgan fingerprint density at radius 2 is 1.43 bits per heavy atom. The van der Waals surface area contributed by atoms with Crippen LogP contribution in [0.15, 0.2) is 35.3 Å². The second-order valence-electron chi connectivity index (χ2n) is 9.90. The van der Waals surface area contributed by atoms with Crippen molar-refractivity contribution in [2.75, 3.05) is 6.54 Å². The van der Waals surface area contributed by atoms with Gasteiger partial charge in [0.05, 0.1) is 6.04 Å². The van der Waals surface area contributed by atoms with Crippen molar-refractivity contribution in [3.63, 3.8) is 0 Å². The van der Waals surface area contributed by atoms with Crippen molar-refractivity contribution in [3.05, 3.63) is 35.9 Å². The molecule has 0 spiro atoms. The van der Waals surface area contributed by atoms with E-state index < -0.39 is 53.8 Å². The monoisotopic (exact) mass is 562 g/mol. The molecule has 0 saturated carbocycles. The summed E-state index contributed by atoms with van der Waals surface area (Å²) in [5, 5.41) is 17.2. The first kappa shape index (κ1) is 33.8. The molecule has 4 atom stereocenters. The van der Waals surface area contributed by atoms with E-state index in [1.165, 1.54) is 0 Å². The minimum absolute atomic E-state index is 0.0299. The number of rotatable bonds is 18. The molecule has 222 valence electrons. The number of primary amides is 1. The van der Waals surface area contributed by atoms with Crippen molar-refractivity contribution in [3.8, 4) is 0 Å². The van der Waals surface area contributed by atoms with Crippen molar-refractivity contribution in [2.24, 2.45) is 33.8 Å². The van der Waals surface area contributed by atoms with Crippen LogP contribution in [0.5, 0.6) is 0 Å². The van der Waals surface area contributed by atoms with E-state index in [-0.39, 0.29) is 44.1 Å². The molecule has 12 N–H and O–H groups in total. The highest BCUT2D eigenvalue weighted by atomic mass is 16.4. The molecular weight excluding hydrogens is 520 g/mol. The largest absolute Gasteiger partial charge is 0.480 e. The Labute approximate surface area is 233 Å². The van der Waals surface area contributed by atoms with Gasteiger partial charge in [0.2, 0.25) is 23.6 Å². The number of carboxylic acids is 1. The zero-order valence-electron chi connectivity index (χ0n) is 23.0. The smallest absolute Gasteiger partial charge is 0.326 e. The van der Waals surface area contributed by atoms with Gasteiger partial charge in [-0.15, -0.1) is 0 Å². The molecule has 1 aromatic carbocycles. The first-order valence-electron chi connectivity index (χ1n) is 13.1. The number of carbonyl (C=O) groups excluding carboxylic acids is 4. The molecule has 0 heterocycles. The van der Waals surface area contributed by atoms with Crippen LogP contribution in [0.2, 0.25) is 0 Å². The fraction of sp³-hybridized carbons (Fsp3) is 0.538. The number of nitrogens with zero attached hydrogens (tertiary/aromatic N) is 1. The van der Waals surface area contributed by atoms with E-state index in [2.05, 4.69) is 20.9 Å². The maximum Gasteiger partial charge on any atom is 0.326 e. The number of nitrogens with two attached hydrogens (primary N) is 4. The van der Waals surface area contributed by atoms with Gasteiger partial charge in [-0.2, -0.15) is 0 Å². The van der Waals surface area contributed by atoms with Crippen LogP contribution in [-0.4, -0.2) is 71.4 Å². The fourth-order valence-electron chi connectivity index (χ4n) is 3.81. The summed E-state index contributed by atoms with van der Waals surface area (Å²) in [6, 6.07) is 4.25. The van der Waals surface area contributed by atoms with E-state index in [1.807, 2.05) is 13.8 Å². The van der Waals surface area contributed by atoms with Gasteiger partial charge in [0.15, 0.2) is 5.96 Å². The third-order valence-electron chi connectivity index (χ3n) is 5.85. The number of hydrogen-bond donors (Lipinski definition) is 8. The van der Waals surface area contributed by atoms with Gasteiger partial charge in [-0.1, -0.05) is 44.2 Å². The fourth-order valence-corrected chi connectivity index (χ4v) is 3.81. The predicted octanol–water partition coefficient (Wildman–Crippen LogP) is -1.54. The minimum atomic E-state index is -1.40. The highest BCUT2D eigenvalue weighted by molar-refractivity contribution is 5.94. The molecule has 40 heavy (non-hydrogen) atoms. The molecule has 4 unspecified atom stereocenters. The Morgan fingerprint density at radius 3 is 1.98 bits per heavy atom. The first-order valence-corrected chi connectivity index (χ1v) is 13.1. The van der Waals surface area contributed by atoms with Gasteiger partial charge in [0.25, 0.3) is 0 Å². The molecular formula is C26H42N8O6. The third kappa shape index (κ3) is 13.6. The molecule has 0 radical (unpaired) electrons. The number of guanidine groups is 1. The van der Waals surface area contributed by atoms with Gasteiger partial charge >= 0.3 is 5.97 Å². The van der Waals surface area contributed by atoms with Crippen molar-refractivity contribution in [1.29, 1.82) is 0 Å². The third-order valence-corrected chi connectivity index (χ3v) is 5.85. The number of nitrogens with one attached hydrogen (secondary N) is 3. The van der Waals surface area contributed by atoms with Gasteiger partial charge in [-0.3, -0.25) is 24.2 Å². The Morgan fingerprint density at radius 1 is 0.850 bits per heavy atom. The van der Waals surface area contributed by atoms with E-state index >= 15 is 0 Å². The molecule has 0 aliphatic rings. The number of aliphatic imine (C=N–C) groups is 1. The van der Waals surface area contributed by atoms with Crippen LogP contribution in [0.3, 0.4) is 0 Å². The van der Waals surface area contributed by atoms with Crippen LogP contribution in [0.1, 0.15) is 51.5 Å². The zero-order chi connectivity index (χ0) is 30.2. The molecule has 0 aliphatic carbocycles. The molecule has 0 aliphatic heterocycles. The van der Waals surface area contributed by atoms with Crippen molar-refractivity contribution < 1.29 is 29.1 Å². The second-order valence-corrected chi connectivity index (χ2v) is 9.90. The molecule has 0 aromatic heterocycles. The topological polar surface area (TPSA) is 258 Å². The van der Waals surface area contributed by atoms with Gasteiger partial charge in [-0.05, 0) is 37.2 Å². The molecule has 1 aromatic rings. The lowest BCUT2D eigenvalue weighted by molar-refractivity contribution is -0.142. The number of hydrogen-bond acceptors (Lipinski definition) is 7.